The average Bonchev–Trinajstić information content (AvgIpc) is 2.35. The van der Waals surface area contributed by atoms with Crippen molar-refractivity contribution in [2.45, 2.75) is 19.1 Å². The molecule has 17 heavy (non-hydrogen) atoms. The van der Waals surface area contributed by atoms with Crippen LogP contribution in [0.5, 0.6) is 0 Å². The van der Waals surface area contributed by atoms with E-state index in [1.807, 2.05) is 30.3 Å². The number of benzene rings is 1. The lowest BCUT2D eigenvalue weighted by Crippen LogP contribution is -2.41. The molecule has 3 N–H and O–H groups in total. The maximum Gasteiger partial charge on any atom is 0.0972 e. The van der Waals surface area contributed by atoms with Crippen molar-refractivity contribution in [1.29, 1.82) is 0 Å². The summed E-state index contributed by atoms with van der Waals surface area (Å²) in [7, 11) is 0. The second kappa shape index (κ2) is 7.40. The third-order valence-electron chi connectivity index (χ3n) is 2.38. The first-order valence-electron chi connectivity index (χ1n) is 5.80. The van der Waals surface area contributed by atoms with Gasteiger partial charge in [0.2, 0.25) is 0 Å². The SMILES string of the molecule is CC(O)(CO)CNCCOCc1ccccc1. The Balaban J connectivity index is 2.02. The van der Waals surface area contributed by atoms with Gasteiger partial charge in [-0.05, 0) is 12.5 Å². The third-order valence-corrected chi connectivity index (χ3v) is 2.38. The zero-order chi connectivity index (χ0) is 12.6. The van der Waals surface area contributed by atoms with Gasteiger partial charge in [0.1, 0.15) is 0 Å². The van der Waals surface area contributed by atoms with Gasteiger partial charge in [0.15, 0.2) is 0 Å². The van der Waals surface area contributed by atoms with E-state index in [1.54, 1.807) is 6.92 Å². The fourth-order valence-corrected chi connectivity index (χ4v) is 1.32. The summed E-state index contributed by atoms with van der Waals surface area (Å²) in [5.74, 6) is 0. The first-order valence-corrected chi connectivity index (χ1v) is 5.80. The minimum absolute atomic E-state index is 0.245. The van der Waals surface area contributed by atoms with Gasteiger partial charge < -0.3 is 20.3 Å². The summed E-state index contributed by atoms with van der Waals surface area (Å²) in [6.45, 7) is 3.53. The molecule has 1 aromatic rings. The Morgan fingerprint density at radius 3 is 2.65 bits per heavy atom. The van der Waals surface area contributed by atoms with E-state index in [4.69, 9.17) is 9.84 Å². The van der Waals surface area contributed by atoms with Crippen molar-refractivity contribution < 1.29 is 14.9 Å². The number of aliphatic hydroxyl groups excluding tert-OH is 1. The van der Waals surface area contributed by atoms with Gasteiger partial charge >= 0.3 is 0 Å². The van der Waals surface area contributed by atoms with Crippen LogP contribution >= 0.6 is 0 Å². The van der Waals surface area contributed by atoms with Crippen molar-refractivity contribution in [3.8, 4) is 0 Å². The van der Waals surface area contributed by atoms with E-state index in [9.17, 15) is 5.11 Å². The zero-order valence-electron chi connectivity index (χ0n) is 10.2. The molecule has 1 rings (SSSR count). The Morgan fingerprint density at radius 1 is 1.29 bits per heavy atom. The van der Waals surface area contributed by atoms with E-state index in [1.165, 1.54) is 0 Å². The Morgan fingerprint density at radius 2 is 2.00 bits per heavy atom. The fraction of sp³-hybridized carbons (Fsp3) is 0.538. The minimum atomic E-state index is -1.06. The largest absolute Gasteiger partial charge is 0.393 e. The molecule has 0 radical (unpaired) electrons. The molecule has 0 spiro atoms. The predicted octanol–water partition coefficient (Wildman–Crippen LogP) is 0.536. The van der Waals surface area contributed by atoms with Crippen molar-refractivity contribution in [3.05, 3.63) is 35.9 Å². The Kier molecular flexibility index (Phi) is 6.15. The number of hydrogen-bond donors (Lipinski definition) is 3. The molecule has 1 atom stereocenters. The summed E-state index contributed by atoms with van der Waals surface area (Å²) in [5, 5.41) is 21.4. The molecule has 0 aliphatic heterocycles. The summed E-state index contributed by atoms with van der Waals surface area (Å²) < 4.78 is 5.46. The van der Waals surface area contributed by atoms with Gasteiger partial charge in [0, 0.05) is 13.1 Å². The van der Waals surface area contributed by atoms with E-state index in [0.717, 1.165) is 5.56 Å². The smallest absolute Gasteiger partial charge is 0.0972 e. The van der Waals surface area contributed by atoms with Crippen LogP contribution in [0.15, 0.2) is 30.3 Å². The van der Waals surface area contributed by atoms with Crippen LogP contribution in [0.25, 0.3) is 0 Å². The Hall–Kier alpha value is -0.940. The summed E-state index contributed by atoms with van der Waals surface area (Å²) in [5.41, 5.74) is 0.0919. The summed E-state index contributed by atoms with van der Waals surface area (Å²) in [6, 6.07) is 9.97. The number of nitrogens with one attached hydrogen (secondary N) is 1. The number of aliphatic hydroxyl groups is 2. The van der Waals surface area contributed by atoms with Crippen LogP contribution in [0.1, 0.15) is 12.5 Å². The van der Waals surface area contributed by atoms with E-state index in [0.29, 0.717) is 26.3 Å². The lowest BCUT2D eigenvalue weighted by atomic mass is 10.1. The van der Waals surface area contributed by atoms with Crippen molar-refractivity contribution in [2.24, 2.45) is 0 Å². The molecular formula is C13H21NO3. The molecule has 0 aliphatic rings. The zero-order valence-corrected chi connectivity index (χ0v) is 10.2. The fourth-order valence-electron chi connectivity index (χ4n) is 1.32. The second-order valence-electron chi connectivity index (χ2n) is 4.37. The van der Waals surface area contributed by atoms with Gasteiger partial charge in [-0.25, -0.2) is 0 Å². The molecule has 0 fully saturated rings. The molecule has 0 amide bonds. The molecule has 4 heteroatoms. The summed E-state index contributed by atoms with van der Waals surface area (Å²) in [4.78, 5) is 0. The standard InChI is InChI=1S/C13H21NO3/c1-13(16,11-15)10-14-7-8-17-9-12-5-3-2-4-6-12/h2-6,14-16H,7-11H2,1H3. The van der Waals surface area contributed by atoms with Crippen LogP contribution in [-0.2, 0) is 11.3 Å². The topological polar surface area (TPSA) is 61.7 Å². The lowest BCUT2D eigenvalue weighted by molar-refractivity contribution is 0.00122. The third kappa shape index (κ3) is 6.38. The highest BCUT2D eigenvalue weighted by molar-refractivity contribution is 5.13. The minimum Gasteiger partial charge on any atom is -0.393 e. The van der Waals surface area contributed by atoms with Gasteiger partial charge in [0.25, 0.3) is 0 Å². The highest BCUT2D eigenvalue weighted by Crippen LogP contribution is 2.00. The van der Waals surface area contributed by atoms with E-state index < -0.39 is 5.60 Å². The molecule has 0 heterocycles. The second-order valence-corrected chi connectivity index (χ2v) is 4.37. The van der Waals surface area contributed by atoms with E-state index >= 15 is 0 Å². The van der Waals surface area contributed by atoms with Gasteiger partial charge in [-0.2, -0.15) is 0 Å². The molecule has 1 unspecified atom stereocenters. The highest BCUT2D eigenvalue weighted by Gasteiger charge is 2.17. The lowest BCUT2D eigenvalue weighted by Gasteiger charge is -2.20. The molecule has 0 saturated heterocycles. The van der Waals surface area contributed by atoms with E-state index in [2.05, 4.69) is 5.32 Å². The van der Waals surface area contributed by atoms with Crippen LogP contribution in [0, 0.1) is 0 Å². The molecule has 96 valence electrons. The number of ether oxygens (including phenoxy) is 1. The molecule has 4 nitrogen and oxygen atoms in total. The van der Waals surface area contributed by atoms with Crippen molar-refractivity contribution >= 4 is 0 Å². The summed E-state index contributed by atoms with van der Waals surface area (Å²) >= 11 is 0. The first kappa shape index (κ1) is 14.1. The number of hydrogen-bond acceptors (Lipinski definition) is 4. The number of rotatable bonds is 8. The Bertz CT molecular complexity index is 301. The van der Waals surface area contributed by atoms with Crippen LogP contribution < -0.4 is 5.32 Å². The molecule has 0 aliphatic carbocycles. The average molecular weight is 239 g/mol. The summed E-state index contributed by atoms with van der Waals surface area (Å²) in [6.07, 6.45) is 0. The molecule has 0 saturated carbocycles. The quantitative estimate of drug-likeness (QED) is 0.579. The maximum atomic E-state index is 9.50. The van der Waals surface area contributed by atoms with Gasteiger partial charge in [-0.15, -0.1) is 0 Å². The first-order chi connectivity index (χ1) is 8.14. The highest BCUT2D eigenvalue weighted by atomic mass is 16.5. The van der Waals surface area contributed by atoms with Gasteiger partial charge in [-0.1, -0.05) is 30.3 Å². The van der Waals surface area contributed by atoms with Gasteiger partial charge in [0.05, 0.1) is 25.4 Å². The van der Waals surface area contributed by atoms with E-state index in [-0.39, 0.29) is 6.61 Å². The van der Waals surface area contributed by atoms with Crippen LogP contribution in [-0.4, -0.2) is 42.1 Å². The molecule has 0 aromatic heterocycles. The van der Waals surface area contributed by atoms with Crippen LogP contribution in [0.2, 0.25) is 0 Å². The molecular weight excluding hydrogens is 218 g/mol. The normalized spacial score (nSPS) is 14.5. The van der Waals surface area contributed by atoms with Crippen LogP contribution in [0.3, 0.4) is 0 Å². The van der Waals surface area contributed by atoms with Crippen molar-refractivity contribution in [2.75, 3.05) is 26.3 Å². The molecule has 0 bridgehead atoms. The molecule has 1 aromatic carbocycles. The Labute approximate surface area is 102 Å². The maximum absolute atomic E-state index is 9.50. The van der Waals surface area contributed by atoms with Gasteiger partial charge in [-0.3, -0.25) is 0 Å². The van der Waals surface area contributed by atoms with Crippen LogP contribution in [0.4, 0.5) is 0 Å². The monoisotopic (exact) mass is 239 g/mol. The predicted molar refractivity (Wildman–Crippen MR) is 66.7 cm³/mol. The van der Waals surface area contributed by atoms with Crippen molar-refractivity contribution in [1.82, 2.24) is 5.32 Å². The van der Waals surface area contributed by atoms with Crippen molar-refractivity contribution in [3.63, 3.8) is 0 Å².